The van der Waals surface area contributed by atoms with Crippen LogP contribution in [-0.2, 0) is 11.2 Å². The lowest BCUT2D eigenvalue weighted by molar-refractivity contribution is -0.121. The molecule has 0 saturated carbocycles. The molecule has 21 heavy (non-hydrogen) atoms. The number of ether oxygens (including phenoxy) is 1. The van der Waals surface area contributed by atoms with Crippen molar-refractivity contribution < 1.29 is 9.53 Å². The Morgan fingerprint density at radius 2 is 1.76 bits per heavy atom. The second-order valence-electron chi connectivity index (χ2n) is 5.02. The van der Waals surface area contributed by atoms with Crippen molar-refractivity contribution in [3.8, 4) is 5.75 Å². The molecule has 0 unspecified atom stereocenters. The quantitative estimate of drug-likeness (QED) is 0.881. The van der Waals surface area contributed by atoms with Gasteiger partial charge in [-0.05, 0) is 25.0 Å². The van der Waals surface area contributed by atoms with Gasteiger partial charge in [-0.1, -0.05) is 48.5 Å². The van der Waals surface area contributed by atoms with Crippen molar-refractivity contribution in [2.45, 2.75) is 25.8 Å². The summed E-state index contributed by atoms with van der Waals surface area (Å²) in [6.45, 7) is 1.97. The van der Waals surface area contributed by atoms with E-state index in [9.17, 15) is 4.79 Å². The second kappa shape index (κ2) is 7.48. The smallest absolute Gasteiger partial charge is 0.220 e. The molecule has 0 spiro atoms. The van der Waals surface area contributed by atoms with Crippen LogP contribution in [0, 0.1) is 0 Å². The first kappa shape index (κ1) is 15.1. The van der Waals surface area contributed by atoms with Gasteiger partial charge in [0.15, 0.2) is 0 Å². The van der Waals surface area contributed by atoms with Crippen LogP contribution in [0.4, 0.5) is 0 Å². The largest absolute Gasteiger partial charge is 0.496 e. The van der Waals surface area contributed by atoms with Gasteiger partial charge >= 0.3 is 0 Å². The average Bonchev–Trinajstić information content (AvgIpc) is 2.53. The standard InChI is InChI=1S/C18H21NO2/c1-14(16-10-6-7-11-17(16)21-2)19-18(20)13-12-15-8-4-3-5-9-15/h3-11,14H,12-13H2,1-2H3,(H,19,20)/t14-/m0/s1. The van der Waals surface area contributed by atoms with E-state index < -0.39 is 0 Å². The highest BCUT2D eigenvalue weighted by Gasteiger charge is 2.13. The van der Waals surface area contributed by atoms with Crippen molar-refractivity contribution in [1.82, 2.24) is 5.32 Å². The van der Waals surface area contributed by atoms with Crippen molar-refractivity contribution in [1.29, 1.82) is 0 Å². The lowest BCUT2D eigenvalue weighted by atomic mass is 10.1. The van der Waals surface area contributed by atoms with E-state index in [0.29, 0.717) is 6.42 Å². The molecule has 0 fully saturated rings. The van der Waals surface area contributed by atoms with Gasteiger partial charge in [0, 0.05) is 12.0 Å². The Morgan fingerprint density at radius 1 is 1.10 bits per heavy atom. The van der Waals surface area contributed by atoms with Crippen molar-refractivity contribution in [2.24, 2.45) is 0 Å². The normalized spacial score (nSPS) is 11.7. The Bertz CT molecular complexity index is 581. The fraction of sp³-hybridized carbons (Fsp3) is 0.278. The molecule has 1 atom stereocenters. The lowest BCUT2D eigenvalue weighted by Gasteiger charge is -2.17. The number of rotatable bonds is 6. The molecule has 2 rings (SSSR count). The van der Waals surface area contributed by atoms with Crippen LogP contribution < -0.4 is 10.1 Å². The average molecular weight is 283 g/mol. The number of amides is 1. The molecule has 0 aliphatic carbocycles. The van der Waals surface area contributed by atoms with Crippen LogP contribution in [0.15, 0.2) is 54.6 Å². The highest BCUT2D eigenvalue weighted by molar-refractivity contribution is 5.76. The van der Waals surface area contributed by atoms with Crippen molar-refractivity contribution in [2.75, 3.05) is 7.11 Å². The highest BCUT2D eigenvalue weighted by atomic mass is 16.5. The molecule has 110 valence electrons. The molecule has 3 nitrogen and oxygen atoms in total. The van der Waals surface area contributed by atoms with Crippen molar-refractivity contribution in [3.63, 3.8) is 0 Å². The number of methoxy groups -OCH3 is 1. The van der Waals surface area contributed by atoms with Crippen molar-refractivity contribution >= 4 is 5.91 Å². The third kappa shape index (κ3) is 4.35. The summed E-state index contributed by atoms with van der Waals surface area (Å²) >= 11 is 0. The van der Waals surface area contributed by atoms with E-state index in [1.54, 1.807) is 7.11 Å². The fourth-order valence-electron chi connectivity index (χ4n) is 2.32. The summed E-state index contributed by atoms with van der Waals surface area (Å²) in [7, 11) is 1.64. The van der Waals surface area contributed by atoms with E-state index >= 15 is 0 Å². The van der Waals surface area contributed by atoms with Crippen molar-refractivity contribution in [3.05, 3.63) is 65.7 Å². The zero-order valence-corrected chi connectivity index (χ0v) is 12.5. The van der Waals surface area contributed by atoms with Gasteiger partial charge in [-0.3, -0.25) is 4.79 Å². The van der Waals surface area contributed by atoms with Crippen LogP contribution in [0.5, 0.6) is 5.75 Å². The lowest BCUT2D eigenvalue weighted by Crippen LogP contribution is -2.27. The molecule has 0 aliphatic rings. The maximum Gasteiger partial charge on any atom is 0.220 e. The number of carbonyl (C=O) groups is 1. The number of hydrogen-bond acceptors (Lipinski definition) is 2. The summed E-state index contributed by atoms with van der Waals surface area (Å²) in [5.74, 6) is 0.852. The number of aryl methyl sites for hydroxylation is 1. The van der Waals surface area contributed by atoms with E-state index in [0.717, 1.165) is 17.7 Å². The van der Waals surface area contributed by atoms with Crippen LogP contribution in [0.2, 0.25) is 0 Å². The molecule has 0 heterocycles. The number of benzene rings is 2. The van der Waals surface area contributed by atoms with E-state index in [-0.39, 0.29) is 11.9 Å². The van der Waals surface area contributed by atoms with E-state index in [4.69, 9.17) is 4.74 Å². The fourth-order valence-corrected chi connectivity index (χ4v) is 2.32. The second-order valence-corrected chi connectivity index (χ2v) is 5.02. The first-order chi connectivity index (χ1) is 10.2. The van der Waals surface area contributed by atoms with Gasteiger partial charge in [0.25, 0.3) is 0 Å². The Labute approximate surface area is 126 Å². The summed E-state index contributed by atoms with van der Waals surface area (Å²) < 4.78 is 5.33. The Balaban J connectivity index is 1.90. The number of hydrogen-bond donors (Lipinski definition) is 1. The van der Waals surface area contributed by atoms with E-state index in [2.05, 4.69) is 5.32 Å². The minimum absolute atomic E-state index is 0.0530. The number of nitrogens with one attached hydrogen (secondary N) is 1. The summed E-state index contributed by atoms with van der Waals surface area (Å²) in [6.07, 6.45) is 1.24. The molecule has 2 aromatic rings. The highest BCUT2D eigenvalue weighted by Crippen LogP contribution is 2.24. The molecule has 0 bridgehead atoms. The molecule has 3 heteroatoms. The first-order valence-electron chi connectivity index (χ1n) is 7.17. The number of carbonyl (C=O) groups excluding carboxylic acids is 1. The summed E-state index contributed by atoms with van der Waals surface area (Å²) in [4.78, 5) is 12.0. The third-order valence-corrected chi connectivity index (χ3v) is 3.47. The minimum Gasteiger partial charge on any atom is -0.496 e. The van der Waals surface area contributed by atoms with Crippen LogP contribution in [0.1, 0.15) is 30.5 Å². The predicted molar refractivity (Wildman–Crippen MR) is 84.3 cm³/mol. The SMILES string of the molecule is COc1ccccc1[C@H](C)NC(=O)CCc1ccccc1. The van der Waals surface area contributed by atoms with Gasteiger partial charge < -0.3 is 10.1 Å². The maximum atomic E-state index is 12.0. The molecule has 2 aromatic carbocycles. The molecule has 1 amide bonds. The third-order valence-electron chi connectivity index (χ3n) is 3.47. The van der Waals surface area contributed by atoms with Crippen LogP contribution in [0.3, 0.4) is 0 Å². The molecular formula is C18H21NO2. The van der Waals surface area contributed by atoms with E-state index in [1.807, 2.05) is 61.5 Å². The Morgan fingerprint density at radius 3 is 2.48 bits per heavy atom. The van der Waals surface area contributed by atoms with Gasteiger partial charge in [-0.15, -0.1) is 0 Å². The summed E-state index contributed by atoms with van der Waals surface area (Å²) in [6, 6.07) is 17.7. The van der Waals surface area contributed by atoms with Crippen LogP contribution in [0.25, 0.3) is 0 Å². The Kier molecular flexibility index (Phi) is 5.38. The molecule has 0 aromatic heterocycles. The van der Waals surface area contributed by atoms with Gasteiger partial charge in [0.05, 0.1) is 13.2 Å². The monoisotopic (exact) mass is 283 g/mol. The minimum atomic E-state index is -0.0653. The molecule has 0 saturated heterocycles. The molecular weight excluding hydrogens is 262 g/mol. The Hall–Kier alpha value is -2.29. The topological polar surface area (TPSA) is 38.3 Å². The van der Waals surface area contributed by atoms with Gasteiger partial charge in [-0.2, -0.15) is 0 Å². The van der Waals surface area contributed by atoms with E-state index in [1.165, 1.54) is 5.56 Å². The zero-order valence-electron chi connectivity index (χ0n) is 12.5. The molecule has 1 N–H and O–H groups in total. The molecule has 0 aliphatic heterocycles. The van der Waals surface area contributed by atoms with Gasteiger partial charge in [-0.25, -0.2) is 0 Å². The van der Waals surface area contributed by atoms with Crippen LogP contribution >= 0.6 is 0 Å². The zero-order chi connectivity index (χ0) is 15.1. The first-order valence-corrected chi connectivity index (χ1v) is 7.17. The van der Waals surface area contributed by atoms with Gasteiger partial charge in [0.2, 0.25) is 5.91 Å². The summed E-state index contributed by atoms with van der Waals surface area (Å²) in [5.41, 5.74) is 2.17. The van der Waals surface area contributed by atoms with Crippen LogP contribution in [-0.4, -0.2) is 13.0 Å². The molecule has 0 radical (unpaired) electrons. The number of para-hydroxylation sites is 1. The predicted octanol–water partition coefficient (Wildman–Crippen LogP) is 3.51. The maximum absolute atomic E-state index is 12.0. The summed E-state index contributed by atoms with van der Waals surface area (Å²) in [5, 5.41) is 3.02. The van der Waals surface area contributed by atoms with Gasteiger partial charge in [0.1, 0.15) is 5.75 Å².